The van der Waals surface area contributed by atoms with Gasteiger partial charge in [0, 0.05) is 19.3 Å². The summed E-state index contributed by atoms with van der Waals surface area (Å²) in [6.07, 6.45) is 72.4. The number of carbonyl (C=O) groups is 3. The fraction of sp³-hybridized carbons (Fsp3) is 0.578. The van der Waals surface area contributed by atoms with E-state index in [1.165, 1.54) is 0 Å². The van der Waals surface area contributed by atoms with Crippen LogP contribution in [0, 0.1) is 0 Å². The minimum absolute atomic E-state index is 0.121. The summed E-state index contributed by atoms with van der Waals surface area (Å²) in [5.41, 5.74) is 0. The molecule has 11 nitrogen and oxygen atoms in total. The largest absolute Gasteiger partial charge is 0.472 e. The fourth-order valence-electron chi connectivity index (χ4n) is 6.97. The molecule has 3 atom stereocenters. The van der Waals surface area contributed by atoms with Gasteiger partial charge in [0.05, 0.1) is 19.8 Å². The number of unbranched alkanes of at least 4 members (excludes halogenated alkanes) is 10. The normalized spacial score (nSPS) is 14.4. The smallest absolute Gasteiger partial charge is 0.462 e. The molecule has 428 valence electrons. The third-order valence-corrected chi connectivity index (χ3v) is 12.2. The summed E-state index contributed by atoms with van der Waals surface area (Å²) in [5.74, 6) is -1.58. The molecule has 0 saturated carbocycles. The third kappa shape index (κ3) is 54.2. The van der Waals surface area contributed by atoms with Gasteiger partial charge in [-0.05, 0) is 135 Å². The van der Waals surface area contributed by atoms with Crippen molar-refractivity contribution in [3.8, 4) is 0 Å². The molecule has 76 heavy (non-hydrogen) atoms. The fourth-order valence-corrected chi connectivity index (χ4v) is 7.76. The Balaban J connectivity index is 4.88. The number of esters is 3. The lowest BCUT2D eigenvalue weighted by atomic mass is 10.1. The van der Waals surface area contributed by atoms with Gasteiger partial charge in [0.1, 0.15) is 12.7 Å². The summed E-state index contributed by atoms with van der Waals surface area (Å²) < 4.78 is 39.4. The Bertz CT molecular complexity index is 1830. The molecular weight excluding hydrogens is 976 g/mol. The van der Waals surface area contributed by atoms with Crippen LogP contribution in [0.2, 0.25) is 0 Å². The molecule has 0 rings (SSSR count). The topological polar surface area (TPSA) is 155 Å². The maximum Gasteiger partial charge on any atom is 0.472 e. The van der Waals surface area contributed by atoms with Crippen LogP contribution in [0.1, 0.15) is 201 Å². The lowest BCUT2D eigenvalue weighted by molar-refractivity contribution is -0.161. The first-order chi connectivity index (χ1) is 37.2. The van der Waals surface area contributed by atoms with Crippen molar-refractivity contribution in [2.45, 2.75) is 213 Å². The first kappa shape index (κ1) is 71.4. The number of phosphoric acid groups is 1. The zero-order valence-electron chi connectivity index (χ0n) is 47.2. The van der Waals surface area contributed by atoms with Crippen LogP contribution in [0.25, 0.3) is 0 Å². The number of aliphatic hydroxyl groups is 1. The first-order valence-electron chi connectivity index (χ1n) is 28.7. The molecule has 0 fully saturated rings. The Morgan fingerprint density at radius 2 is 0.645 bits per heavy atom. The van der Waals surface area contributed by atoms with Crippen LogP contribution >= 0.6 is 7.82 Å². The van der Waals surface area contributed by atoms with E-state index in [-0.39, 0.29) is 25.9 Å². The SMILES string of the molecule is CC/C=C\C/C=C\C/C=C\C/C=C\C/C=C\CCCCCC(=O)OCC(COP(=O)(O)OCC(CO)OC(=O)CCCCC/C=C\C/C=C\C/C=C\CC)OC(=O)CCCCCC/C=C\C/C=C\C/C=C\C/C=C\CC. The Morgan fingerprint density at radius 3 is 0.987 bits per heavy atom. The molecule has 0 bridgehead atoms. The Kier molecular flexibility index (Phi) is 53.1. The van der Waals surface area contributed by atoms with Crippen LogP contribution in [0.3, 0.4) is 0 Å². The van der Waals surface area contributed by atoms with Crippen molar-refractivity contribution in [3.05, 3.63) is 146 Å². The summed E-state index contributed by atoms with van der Waals surface area (Å²) in [6, 6.07) is 0. The highest BCUT2D eigenvalue weighted by atomic mass is 31.2. The average Bonchev–Trinajstić information content (AvgIpc) is 3.41. The molecule has 0 aromatic carbocycles. The first-order valence-corrected chi connectivity index (χ1v) is 30.2. The zero-order valence-corrected chi connectivity index (χ0v) is 48.0. The van der Waals surface area contributed by atoms with Crippen LogP contribution in [0.4, 0.5) is 0 Å². The quantitative estimate of drug-likeness (QED) is 0.0197. The molecule has 0 spiro atoms. The molecule has 12 heteroatoms. The molecule has 0 heterocycles. The van der Waals surface area contributed by atoms with Gasteiger partial charge in [-0.25, -0.2) is 4.57 Å². The van der Waals surface area contributed by atoms with Gasteiger partial charge in [-0.15, -0.1) is 0 Å². The van der Waals surface area contributed by atoms with Crippen LogP contribution < -0.4 is 0 Å². The second-order valence-corrected chi connectivity index (χ2v) is 19.8. The lowest BCUT2D eigenvalue weighted by Crippen LogP contribution is -2.30. The van der Waals surface area contributed by atoms with Gasteiger partial charge >= 0.3 is 25.7 Å². The summed E-state index contributed by atoms with van der Waals surface area (Å²) in [7, 11) is -4.78. The van der Waals surface area contributed by atoms with E-state index in [0.29, 0.717) is 19.3 Å². The van der Waals surface area contributed by atoms with Gasteiger partial charge in [-0.1, -0.05) is 192 Å². The molecule has 2 N–H and O–H groups in total. The van der Waals surface area contributed by atoms with Gasteiger partial charge in [-0.2, -0.15) is 0 Å². The van der Waals surface area contributed by atoms with E-state index in [2.05, 4.69) is 167 Å². The van der Waals surface area contributed by atoms with Crippen molar-refractivity contribution >= 4 is 25.7 Å². The van der Waals surface area contributed by atoms with Crippen LogP contribution in [-0.4, -0.2) is 66.5 Å². The van der Waals surface area contributed by atoms with E-state index in [9.17, 15) is 28.9 Å². The van der Waals surface area contributed by atoms with Crippen molar-refractivity contribution in [1.82, 2.24) is 0 Å². The van der Waals surface area contributed by atoms with E-state index in [4.69, 9.17) is 23.3 Å². The molecule has 0 amide bonds. The Labute approximate surface area is 461 Å². The molecule has 0 aliphatic carbocycles. The number of carbonyl (C=O) groups excluding carboxylic acids is 3. The third-order valence-electron chi connectivity index (χ3n) is 11.2. The van der Waals surface area contributed by atoms with Crippen LogP contribution in [0.15, 0.2) is 146 Å². The molecule has 0 saturated heterocycles. The van der Waals surface area contributed by atoms with E-state index in [1.54, 1.807) is 0 Å². The van der Waals surface area contributed by atoms with Crippen molar-refractivity contribution in [1.29, 1.82) is 0 Å². The average molecular weight is 1080 g/mol. The van der Waals surface area contributed by atoms with Crippen LogP contribution in [0.5, 0.6) is 0 Å². The molecule has 3 unspecified atom stereocenters. The minimum atomic E-state index is -4.78. The van der Waals surface area contributed by atoms with Gasteiger partial charge in [0.25, 0.3) is 0 Å². The lowest BCUT2D eigenvalue weighted by Gasteiger charge is -2.21. The second kappa shape index (κ2) is 56.6. The maximum atomic E-state index is 12.9. The Morgan fingerprint density at radius 1 is 0.368 bits per heavy atom. The predicted octanol–water partition coefficient (Wildman–Crippen LogP) is 17.1. The number of rotatable bonds is 51. The van der Waals surface area contributed by atoms with Gasteiger partial charge < -0.3 is 24.2 Å². The molecule has 0 radical (unpaired) electrons. The van der Waals surface area contributed by atoms with Crippen LogP contribution in [-0.2, 0) is 42.2 Å². The Hall–Kier alpha value is -4.64. The highest BCUT2D eigenvalue weighted by Gasteiger charge is 2.28. The van der Waals surface area contributed by atoms with Crippen molar-refractivity contribution < 1.29 is 52.2 Å². The summed E-state index contributed by atoms with van der Waals surface area (Å²) in [4.78, 5) is 48.5. The standard InChI is InChI=1S/C64H101O11P/c1-4-7-10-13-16-19-22-25-27-29-30-32-33-36-38-41-44-47-50-53-62(66)71-57-61(75-64(68)55-52-49-46-43-40-37-34-31-28-26-23-20-17-14-11-8-5-2)59-73-76(69,70)72-58-60(56-65)74-63(67)54-51-48-45-42-39-35-24-21-18-15-12-9-6-3/h7-12,16-21,25-28,30,32,34-39,60-61,65H,4-6,13-15,22-24,29,31,33,40-59H2,1-3H3,(H,69,70)/b10-7-,11-8-,12-9-,19-16-,20-17-,21-18-,27-25-,28-26-,32-30-,37-34-,38-36-,39-35-. The van der Waals surface area contributed by atoms with Crippen molar-refractivity contribution in [3.63, 3.8) is 0 Å². The maximum absolute atomic E-state index is 12.9. The highest BCUT2D eigenvalue weighted by Crippen LogP contribution is 2.43. The summed E-state index contributed by atoms with van der Waals surface area (Å²) in [5, 5.41) is 9.80. The highest BCUT2D eigenvalue weighted by molar-refractivity contribution is 7.47. The van der Waals surface area contributed by atoms with Crippen molar-refractivity contribution in [2.24, 2.45) is 0 Å². The number of ether oxygens (including phenoxy) is 3. The van der Waals surface area contributed by atoms with E-state index >= 15 is 0 Å². The number of hydrogen-bond donors (Lipinski definition) is 2. The number of aliphatic hydroxyl groups excluding tert-OH is 1. The number of allylic oxidation sites excluding steroid dienone is 24. The van der Waals surface area contributed by atoms with Gasteiger partial charge in [-0.3, -0.25) is 23.4 Å². The monoisotopic (exact) mass is 1080 g/mol. The molecule has 0 aliphatic rings. The van der Waals surface area contributed by atoms with E-state index in [0.717, 1.165) is 141 Å². The van der Waals surface area contributed by atoms with Gasteiger partial charge in [0.15, 0.2) is 6.10 Å². The second-order valence-electron chi connectivity index (χ2n) is 18.3. The molecule has 0 aliphatic heterocycles. The van der Waals surface area contributed by atoms with E-state index < -0.39 is 57.8 Å². The molecule has 0 aromatic heterocycles. The summed E-state index contributed by atoms with van der Waals surface area (Å²) >= 11 is 0. The number of hydrogen-bond acceptors (Lipinski definition) is 10. The molecule has 0 aromatic rings. The van der Waals surface area contributed by atoms with E-state index in [1.807, 2.05) is 0 Å². The number of phosphoric ester groups is 1. The van der Waals surface area contributed by atoms with Gasteiger partial charge in [0.2, 0.25) is 0 Å². The van der Waals surface area contributed by atoms with Crippen molar-refractivity contribution in [2.75, 3.05) is 26.4 Å². The molecular formula is C64H101O11P. The zero-order chi connectivity index (χ0) is 55.5. The summed E-state index contributed by atoms with van der Waals surface area (Å²) in [6.45, 7) is 4.17. The predicted molar refractivity (Wildman–Crippen MR) is 316 cm³/mol. The minimum Gasteiger partial charge on any atom is -0.462 e.